The molecule has 1 saturated heterocycles. The number of nitrogens with two attached hydrogens (primary N) is 1. The average molecular weight is 258 g/mol. The zero-order valence-electron chi connectivity index (χ0n) is 10.6. The van der Waals surface area contributed by atoms with Crippen LogP contribution in [0, 0.1) is 0 Å². The molecule has 4 N–H and O–H groups in total. The first kappa shape index (κ1) is 14.9. The standard InChI is InChI=1S/C12H22N2O4/c13-12(6-8-18-9-12)11(17)14-7-4-2-1-3-5-10(15)16/h1-9,13H2,(H,14,17)(H,15,16). The van der Waals surface area contributed by atoms with Gasteiger partial charge in [-0.3, -0.25) is 9.59 Å². The van der Waals surface area contributed by atoms with Gasteiger partial charge in [0, 0.05) is 19.6 Å². The summed E-state index contributed by atoms with van der Waals surface area (Å²) in [7, 11) is 0. The molecule has 18 heavy (non-hydrogen) atoms. The van der Waals surface area contributed by atoms with Crippen molar-refractivity contribution in [2.45, 2.75) is 44.1 Å². The van der Waals surface area contributed by atoms with Crippen molar-refractivity contribution in [1.82, 2.24) is 5.32 Å². The van der Waals surface area contributed by atoms with Crippen LogP contribution in [0.2, 0.25) is 0 Å². The fourth-order valence-electron chi connectivity index (χ4n) is 1.89. The van der Waals surface area contributed by atoms with Gasteiger partial charge in [-0.2, -0.15) is 0 Å². The average Bonchev–Trinajstić information content (AvgIpc) is 2.75. The normalized spacial score (nSPS) is 22.9. The van der Waals surface area contributed by atoms with E-state index in [1.807, 2.05) is 0 Å². The molecule has 6 nitrogen and oxygen atoms in total. The van der Waals surface area contributed by atoms with Gasteiger partial charge in [-0.25, -0.2) is 0 Å². The number of amides is 1. The minimum absolute atomic E-state index is 0.148. The van der Waals surface area contributed by atoms with Crippen molar-refractivity contribution < 1.29 is 19.4 Å². The lowest BCUT2D eigenvalue weighted by Crippen LogP contribution is -2.54. The van der Waals surface area contributed by atoms with E-state index in [-0.39, 0.29) is 18.9 Å². The van der Waals surface area contributed by atoms with Crippen molar-refractivity contribution in [2.24, 2.45) is 5.73 Å². The van der Waals surface area contributed by atoms with E-state index < -0.39 is 11.5 Å². The summed E-state index contributed by atoms with van der Waals surface area (Å²) in [6.45, 7) is 1.42. The predicted octanol–water partition coefficient (Wildman–Crippen LogP) is 0.255. The number of hydrogen-bond donors (Lipinski definition) is 3. The molecule has 0 aromatic heterocycles. The Bertz CT molecular complexity index is 288. The van der Waals surface area contributed by atoms with Gasteiger partial charge in [0.1, 0.15) is 5.54 Å². The second-order valence-electron chi connectivity index (χ2n) is 4.77. The maximum atomic E-state index is 11.8. The van der Waals surface area contributed by atoms with E-state index in [1.165, 1.54) is 0 Å². The van der Waals surface area contributed by atoms with Crippen LogP contribution < -0.4 is 11.1 Å². The largest absolute Gasteiger partial charge is 0.481 e. The SMILES string of the molecule is NC1(C(=O)NCCCCCCC(=O)O)CCOC1. The van der Waals surface area contributed by atoms with Crippen LogP contribution in [0.3, 0.4) is 0 Å². The minimum atomic E-state index is -0.858. The Morgan fingerprint density at radius 2 is 2.00 bits per heavy atom. The lowest BCUT2D eigenvalue weighted by Gasteiger charge is -2.20. The Hall–Kier alpha value is -1.14. The number of aliphatic carboxylic acids is 1. The van der Waals surface area contributed by atoms with Gasteiger partial charge < -0.3 is 20.9 Å². The zero-order valence-corrected chi connectivity index (χ0v) is 10.6. The quantitative estimate of drug-likeness (QED) is 0.542. The first-order valence-corrected chi connectivity index (χ1v) is 6.41. The topological polar surface area (TPSA) is 102 Å². The van der Waals surface area contributed by atoms with Crippen LogP contribution in [-0.2, 0) is 14.3 Å². The Morgan fingerprint density at radius 1 is 1.28 bits per heavy atom. The van der Waals surface area contributed by atoms with Gasteiger partial charge in [-0.05, 0) is 19.3 Å². The number of carbonyl (C=O) groups excluding carboxylic acids is 1. The molecule has 1 heterocycles. The molecule has 0 spiro atoms. The fraction of sp³-hybridized carbons (Fsp3) is 0.833. The number of ether oxygens (including phenoxy) is 1. The monoisotopic (exact) mass is 258 g/mol. The van der Waals surface area contributed by atoms with Crippen molar-refractivity contribution in [1.29, 1.82) is 0 Å². The molecule has 0 bridgehead atoms. The number of carboxylic acid groups (broad SMARTS) is 1. The summed E-state index contributed by atoms with van der Waals surface area (Å²) in [5.41, 5.74) is 5.04. The maximum absolute atomic E-state index is 11.8. The van der Waals surface area contributed by atoms with Gasteiger partial charge in [0.2, 0.25) is 5.91 Å². The molecule has 1 fully saturated rings. The second-order valence-corrected chi connectivity index (χ2v) is 4.77. The van der Waals surface area contributed by atoms with E-state index in [9.17, 15) is 9.59 Å². The van der Waals surface area contributed by atoms with Crippen molar-refractivity contribution in [2.75, 3.05) is 19.8 Å². The Morgan fingerprint density at radius 3 is 2.61 bits per heavy atom. The van der Waals surface area contributed by atoms with E-state index >= 15 is 0 Å². The number of unbranched alkanes of at least 4 members (excludes halogenated alkanes) is 3. The highest BCUT2D eigenvalue weighted by molar-refractivity contribution is 5.86. The number of carbonyl (C=O) groups is 2. The van der Waals surface area contributed by atoms with Crippen molar-refractivity contribution in [3.8, 4) is 0 Å². The van der Waals surface area contributed by atoms with Crippen LogP contribution in [0.4, 0.5) is 0 Å². The number of hydrogen-bond acceptors (Lipinski definition) is 4. The van der Waals surface area contributed by atoms with E-state index in [0.717, 1.165) is 19.3 Å². The molecule has 0 radical (unpaired) electrons. The molecule has 1 rings (SSSR count). The summed E-state index contributed by atoms with van der Waals surface area (Å²) in [4.78, 5) is 22.0. The maximum Gasteiger partial charge on any atom is 0.303 e. The van der Waals surface area contributed by atoms with E-state index in [4.69, 9.17) is 15.6 Å². The Labute approximate surface area is 107 Å². The van der Waals surface area contributed by atoms with Gasteiger partial charge in [0.15, 0.2) is 0 Å². The molecule has 0 aromatic carbocycles. The van der Waals surface area contributed by atoms with Crippen molar-refractivity contribution >= 4 is 11.9 Å². The molecule has 1 amide bonds. The molecular formula is C12H22N2O4. The third kappa shape index (κ3) is 5.01. The Balaban J connectivity index is 2.00. The second kappa shape index (κ2) is 7.33. The summed E-state index contributed by atoms with van der Waals surface area (Å²) in [6.07, 6.45) is 4.12. The van der Waals surface area contributed by atoms with Crippen LogP contribution >= 0.6 is 0 Å². The molecule has 0 saturated carbocycles. The molecule has 1 unspecified atom stereocenters. The van der Waals surface area contributed by atoms with Crippen LogP contribution in [0.15, 0.2) is 0 Å². The first-order chi connectivity index (χ1) is 8.54. The minimum Gasteiger partial charge on any atom is -0.481 e. The summed E-state index contributed by atoms with van der Waals surface area (Å²) in [5, 5.41) is 11.3. The summed E-state index contributed by atoms with van der Waals surface area (Å²) in [6, 6.07) is 0. The molecule has 1 atom stereocenters. The highest BCUT2D eigenvalue weighted by Gasteiger charge is 2.37. The van der Waals surface area contributed by atoms with Crippen LogP contribution in [-0.4, -0.2) is 42.3 Å². The molecule has 0 aliphatic carbocycles. The molecule has 0 aromatic rings. The zero-order chi connectivity index (χ0) is 13.4. The summed E-state index contributed by atoms with van der Waals surface area (Å²) >= 11 is 0. The van der Waals surface area contributed by atoms with Crippen molar-refractivity contribution in [3.05, 3.63) is 0 Å². The van der Waals surface area contributed by atoms with Crippen molar-refractivity contribution in [3.63, 3.8) is 0 Å². The van der Waals surface area contributed by atoms with Crippen LogP contribution in [0.25, 0.3) is 0 Å². The highest BCUT2D eigenvalue weighted by Crippen LogP contribution is 2.15. The lowest BCUT2D eigenvalue weighted by molar-refractivity contribution is -0.137. The Kier molecular flexibility index (Phi) is 6.07. The molecular weight excluding hydrogens is 236 g/mol. The third-order valence-electron chi connectivity index (χ3n) is 3.11. The molecule has 104 valence electrons. The summed E-state index contributed by atoms with van der Waals surface area (Å²) in [5.74, 6) is -0.903. The van der Waals surface area contributed by atoms with Gasteiger partial charge >= 0.3 is 5.97 Å². The number of rotatable bonds is 8. The highest BCUT2D eigenvalue weighted by atomic mass is 16.5. The predicted molar refractivity (Wildman–Crippen MR) is 66.1 cm³/mol. The van der Waals surface area contributed by atoms with E-state index in [0.29, 0.717) is 26.0 Å². The fourth-order valence-corrected chi connectivity index (χ4v) is 1.89. The third-order valence-corrected chi connectivity index (χ3v) is 3.11. The molecule has 6 heteroatoms. The van der Waals surface area contributed by atoms with E-state index in [2.05, 4.69) is 5.32 Å². The molecule has 1 aliphatic heterocycles. The lowest BCUT2D eigenvalue weighted by atomic mass is 9.99. The van der Waals surface area contributed by atoms with E-state index in [1.54, 1.807) is 0 Å². The summed E-state index contributed by atoms with van der Waals surface area (Å²) < 4.78 is 5.12. The van der Waals surface area contributed by atoms with Crippen LogP contribution in [0.1, 0.15) is 38.5 Å². The smallest absolute Gasteiger partial charge is 0.303 e. The number of nitrogens with one attached hydrogen (secondary N) is 1. The van der Waals surface area contributed by atoms with Gasteiger partial charge in [0.25, 0.3) is 0 Å². The molecule has 1 aliphatic rings. The van der Waals surface area contributed by atoms with Gasteiger partial charge in [0.05, 0.1) is 6.61 Å². The van der Waals surface area contributed by atoms with Crippen LogP contribution in [0.5, 0.6) is 0 Å². The van der Waals surface area contributed by atoms with Gasteiger partial charge in [-0.1, -0.05) is 12.8 Å². The first-order valence-electron chi connectivity index (χ1n) is 6.41. The van der Waals surface area contributed by atoms with Gasteiger partial charge in [-0.15, -0.1) is 0 Å². The number of carboxylic acids is 1.